The van der Waals surface area contributed by atoms with Crippen LogP contribution in [0.3, 0.4) is 0 Å². The summed E-state index contributed by atoms with van der Waals surface area (Å²) in [7, 11) is 0. The number of aryl methyl sites for hydroxylation is 2. The molecule has 0 aliphatic heterocycles. The van der Waals surface area contributed by atoms with Crippen molar-refractivity contribution in [3.8, 4) is 0 Å². The van der Waals surface area contributed by atoms with Crippen LogP contribution in [0.15, 0.2) is 24.5 Å². The number of nitrogens with zero attached hydrogens (tertiary/aromatic N) is 1. The number of hydrogen-bond donors (Lipinski definition) is 0. The van der Waals surface area contributed by atoms with Gasteiger partial charge in [-0.1, -0.05) is 20.3 Å². The fourth-order valence-corrected chi connectivity index (χ4v) is 1.27. The third-order valence-corrected chi connectivity index (χ3v) is 2.10. The lowest BCUT2D eigenvalue weighted by Crippen LogP contribution is -2.33. The fourth-order valence-electron chi connectivity index (χ4n) is 1.27. The molecule has 16 heavy (non-hydrogen) atoms. The number of carbonyl (C=O) groups is 1. The third-order valence-electron chi connectivity index (χ3n) is 2.10. The maximum absolute atomic E-state index is 8.89. The van der Waals surface area contributed by atoms with Gasteiger partial charge in [0.25, 0.3) is 0 Å². The van der Waals surface area contributed by atoms with E-state index in [1.54, 1.807) is 0 Å². The maximum atomic E-state index is 8.89. The molecule has 0 radical (unpaired) electrons. The van der Waals surface area contributed by atoms with Gasteiger partial charge >= 0.3 is 0 Å². The van der Waals surface area contributed by atoms with Gasteiger partial charge in [-0.2, -0.15) is 0 Å². The Morgan fingerprint density at radius 3 is 2.56 bits per heavy atom. The van der Waals surface area contributed by atoms with Crippen LogP contribution in [0.25, 0.3) is 0 Å². The summed E-state index contributed by atoms with van der Waals surface area (Å²) in [6, 6.07) is 4.32. The molecule has 0 unspecified atom stereocenters. The van der Waals surface area contributed by atoms with Crippen LogP contribution in [0.1, 0.15) is 39.2 Å². The van der Waals surface area contributed by atoms with Crippen molar-refractivity contribution in [2.24, 2.45) is 0 Å². The minimum absolute atomic E-state index is 0.972. The Kier molecular flexibility index (Phi) is 8.12. The van der Waals surface area contributed by atoms with E-state index >= 15 is 0 Å². The van der Waals surface area contributed by atoms with Gasteiger partial charge in [-0.3, -0.25) is 0 Å². The molecule has 0 amide bonds. The first kappa shape index (κ1) is 14.6. The first-order valence-corrected chi connectivity index (χ1v) is 5.75. The lowest BCUT2D eigenvalue weighted by atomic mass is 10.2. The van der Waals surface area contributed by atoms with Crippen LogP contribution in [0.5, 0.6) is 0 Å². The van der Waals surface area contributed by atoms with E-state index in [9.17, 15) is 0 Å². The molecule has 0 spiro atoms. The van der Waals surface area contributed by atoms with Crippen molar-refractivity contribution in [1.82, 2.24) is 0 Å². The molecule has 0 aliphatic carbocycles. The average molecular weight is 223 g/mol. The molecule has 0 N–H and O–H groups in total. The molecule has 0 fully saturated rings. The lowest BCUT2D eigenvalue weighted by molar-refractivity contribution is -0.697. The number of rotatable bonds is 4. The molecule has 0 saturated carbocycles. The van der Waals surface area contributed by atoms with Gasteiger partial charge in [0.05, 0.1) is 0 Å². The van der Waals surface area contributed by atoms with Gasteiger partial charge in [0.15, 0.2) is 12.4 Å². The van der Waals surface area contributed by atoms with E-state index in [2.05, 4.69) is 42.9 Å². The first-order valence-electron chi connectivity index (χ1n) is 5.75. The van der Waals surface area contributed by atoms with Crippen molar-refractivity contribution >= 4 is 5.97 Å². The zero-order valence-corrected chi connectivity index (χ0v) is 10.4. The highest BCUT2D eigenvalue weighted by atomic mass is 16.4. The van der Waals surface area contributed by atoms with E-state index < -0.39 is 5.97 Å². The van der Waals surface area contributed by atoms with Crippen LogP contribution in [-0.4, -0.2) is 5.97 Å². The van der Waals surface area contributed by atoms with E-state index in [0.717, 1.165) is 19.9 Å². The molecule has 1 rings (SSSR count). The molecule has 0 atom stereocenters. The molecular weight excluding hydrogens is 202 g/mol. The van der Waals surface area contributed by atoms with Crippen LogP contribution in [0.4, 0.5) is 0 Å². The standard InChI is InChI=1S/C11H18N.C2H4O2/c1-3-5-8-12-9-6-7-11(4-2)10-12;1-2(3)4/h6-7,9-10H,3-5,8H2,1-2H3;1H3,(H,3,4)/q+1;/p-1. The average Bonchev–Trinajstić information content (AvgIpc) is 2.26. The Bertz CT molecular complexity index is 307. The minimum atomic E-state index is -1.08. The maximum Gasteiger partial charge on any atom is 0.171 e. The van der Waals surface area contributed by atoms with Gasteiger partial charge in [-0.25, -0.2) is 4.57 Å². The molecule has 0 aliphatic rings. The van der Waals surface area contributed by atoms with E-state index in [1.165, 1.54) is 18.4 Å². The van der Waals surface area contributed by atoms with Crippen molar-refractivity contribution in [1.29, 1.82) is 0 Å². The molecule has 3 nitrogen and oxygen atoms in total. The smallest absolute Gasteiger partial charge is 0.171 e. The third kappa shape index (κ3) is 7.97. The highest BCUT2D eigenvalue weighted by Crippen LogP contribution is 1.95. The summed E-state index contributed by atoms with van der Waals surface area (Å²) in [5.74, 6) is -1.08. The van der Waals surface area contributed by atoms with Gasteiger partial charge < -0.3 is 9.90 Å². The van der Waals surface area contributed by atoms with E-state index in [0.29, 0.717) is 0 Å². The molecule has 0 aromatic carbocycles. The second-order valence-corrected chi connectivity index (χ2v) is 3.65. The normalized spacial score (nSPS) is 9.19. The summed E-state index contributed by atoms with van der Waals surface area (Å²) in [6.07, 6.45) is 8.07. The van der Waals surface area contributed by atoms with Gasteiger partial charge in [-0.05, 0) is 19.4 Å². The highest BCUT2D eigenvalue weighted by molar-refractivity contribution is 5.60. The van der Waals surface area contributed by atoms with Crippen LogP contribution in [0.2, 0.25) is 0 Å². The van der Waals surface area contributed by atoms with Gasteiger partial charge in [0.1, 0.15) is 6.54 Å². The SMILES string of the molecule is CC(=O)[O-].CCCC[n+]1cccc(CC)c1. The zero-order valence-electron chi connectivity index (χ0n) is 10.4. The largest absolute Gasteiger partial charge is 0.550 e. The van der Waals surface area contributed by atoms with E-state index in [-0.39, 0.29) is 0 Å². The van der Waals surface area contributed by atoms with E-state index in [4.69, 9.17) is 9.90 Å². The molecule has 0 saturated heterocycles. The predicted molar refractivity (Wildman–Crippen MR) is 61.6 cm³/mol. The lowest BCUT2D eigenvalue weighted by Gasteiger charge is -1.96. The molecule has 1 aromatic rings. The van der Waals surface area contributed by atoms with Crippen LogP contribution >= 0.6 is 0 Å². The number of aliphatic carboxylic acids is 1. The van der Waals surface area contributed by atoms with E-state index in [1.807, 2.05) is 0 Å². The second-order valence-electron chi connectivity index (χ2n) is 3.65. The van der Waals surface area contributed by atoms with Crippen molar-refractivity contribution in [3.63, 3.8) is 0 Å². The summed E-state index contributed by atoms with van der Waals surface area (Å²) in [5, 5.41) is 8.89. The number of unbranched alkanes of at least 4 members (excludes halogenated alkanes) is 1. The molecule has 1 aromatic heterocycles. The van der Waals surface area contributed by atoms with Crippen molar-refractivity contribution in [2.45, 2.75) is 46.6 Å². The molecule has 3 heteroatoms. The van der Waals surface area contributed by atoms with Crippen molar-refractivity contribution < 1.29 is 14.5 Å². The number of carbonyl (C=O) groups excluding carboxylic acids is 1. The van der Waals surface area contributed by atoms with Crippen LogP contribution < -0.4 is 9.67 Å². The van der Waals surface area contributed by atoms with Gasteiger partial charge in [0.2, 0.25) is 0 Å². The number of carboxylic acids is 1. The Morgan fingerprint density at radius 2 is 2.06 bits per heavy atom. The Labute approximate surface area is 97.7 Å². The summed E-state index contributed by atoms with van der Waals surface area (Å²) < 4.78 is 2.28. The van der Waals surface area contributed by atoms with Crippen LogP contribution in [-0.2, 0) is 17.8 Å². The van der Waals surface area contributed by atoms with Gasteiger partial charge in [0, 0.05) is 24.0 Å². The summed E-state index contributed by atoms with van der Waals surface area (Å²) in [4.78, 5) is 8.89. The van der Waals surface area contributed by atoms with Gasteiger partial charge in [-0.15, -0.1) is 0 Å². The monoisotopic (exact) mass is 223 g/mol. The van der Waals surface area contributed by atoms with Crippen molar-refractivity contribution in [3.05, 3.63) is 30.1 Å². The summed E-state index contributed by atoms with van der Waals surface area (Å²) >= 11 is 0. The Morgan fingerprint density at radius 1 is 1.44 bits per heavy atom. The molecular formula is C13H21NO2. The molecule has 0 bridgehead atoms. The number of hydrogen-bond acceptors (Lipinski definition) is 2. The Balaban J connectivity index is 0.000000487. The minimum Gasteiger partial charge on any atom is -0.550 e. The number of aromatic nitrogens is 1. The highest BCUT2D eigenvalue weighted by Gasteiger charge is 1.99. The van der Waals surface area contributed by atoms with Crippen molar-refractivity contribution in [2.75, 3.05) is 0 Å². The topological polar surface area (TPSA) is 44.0 Å². The summed E-state index contributed by atoms with van der Waals surface area (Å²) in [6.45, 7) is 6.55. The predicted octanol–water partition coefficient (Wildman–Crippen LogP) is 1.09. The first-order chi connectivity index (χ1) is 7.60. The number of carboxylic acid groups (broad SMARTS) is 1. The Hall–Kier alpha value is -1.38. The second kappa shape index (κ2) is 8.89. The van der Waals surface area contributed by atoms with Crippen LogP contribution in [0, 0.1) is 0 Å². The quantitative estimate of drug-likeness (QED) is 0.717. The molecule has 90 valence electrons. The summed E-state index contributed by atoms with van der Waals surface area (Å²) in [5.41, 5.74) is 1.42. The fraction of sp³-hybridized carbons (Fsp3) is 0.538. The zero-order chi connectivity index (χ0) is 12.4. The molecule has 1 heterocycles. The number of pyridine rings is 1.